The van der Waals surface area contributed by atoms with Gasteiger partial charge in [0.1, 0.15) is 6.04 Å². The van der Waals surface area contributed by atoms with Crippen molar-refractivity contribution in [3.63, 3.8) is 0 Å². The van der Waals surface area contributed by atoms with Gasteiger partial charge in [-0.1, -0.05) is 0 Å². The molecule has 1 atom stereocenters. The summed E-state index contributed by atoms with van der Waals surface area (Å²) in [5.74, 6) is 0. The Morgan fingerprint density at radius 1 is 1.62 bits per heavy atom. The van der Waals surface area contributed by atoms with Crippen LogP contribution >= 0.6 is 11.3 Å². The summed E-state index contributed by atoms with van der Waals surface area (Å²) < 4.78 is 0. The predicted molar refractivity (Wildman–Crippen MR) is 53.5 cm³/mol. The average Bonchev–Trinajstić information content (AvgIpc) is 2.47. The van der Waals surface area contributed by atoms with Gasteiger partial charge in [-0.3, -0.25) is 5.32 Å². The van der Waals surface area contributed by atoms with Crippen LogP contribution in [-0.4, -0.2) is 11.0 Å². The van der Waals surface area contributed by atoms with Crippen LogP contribution in [0, 0.1) is 18.3 Å². The molecule has 0 aliphatic carbocycles. The summed E-state index contributed by atoms with van der Waals surface area (Å²) in [6.45, 7) is 5.99. The minimum Gasteiger partial charge on any atom is -0.295 e. The third kappa shape index (κ3) is 2.79. The lowest BCUT2D eigenvalue weighted by molar-refractivity contribution is 0.551. The summed E-state index contributed by atoms with van der Waals surface area (Å²) in [5, 5.41) is 13.1. The largest absolute Gasteiger partial charge is 0.295 e. The highest BCUT2D eigenvalue weighted by Crippen LogP contribution is 2.19. The minimum absolute atomic E-state index is 0.216. The number of nitrogens with one attached hydrogen (secondary N) is 1. The van der Waals surface area contributed by atoms with Crippen molar-refractivity contribution < 1.29 is 0 Å². The van der Waals surface area contributed by atoms with Crippen molar-refractivity contribution >= 4 is 11.3 Å². The second-order valence-corrected chi connectivity index (χ2v) is 4.43. The maximum atomic E-state index is 8.90. The Labute approximate surface area is 82.4 Å². The summed E-state index contributed by atoms with van der Waals surface area (Å²) >= 11 is 1.57. The maximum absolute atomic E-state index is 8.90. The van der Waals surface area contributed by atoms with Crippen LogP contribution in [0.1, 0.15) is 29.8 Å². The van der Waals surface area contributed by atoms with E-state index in [4.69, 9.17) is 5.26 Å². The van der Waals surface area contributed by atoms with Gasteiger partial charge in [-0.05, 0) is 20.8 Å². The molecule has 1 aromatic rings. The van der Waals surface area contributed by atoms with Crippen LogP contribution in [0.25, 0.3) is 0 Å². The monoisotopic (exact) mass is 195 g/mol. The summed E-state index contributed by atoms with van der Waals surface area (Å²) in [5.41, 5.74) is 0. The van der Waals surface area contributed by atoms with Crippen LogP contribution in [0.15, 0.2) is 6.20 Å². The molecule has 0 fully saturated rings. The van der Waals surface area contributed by atoms with Crippen molar-refractivity contribution in [3.05, 3.63) is 16.1 Å². The number of aromatic nitrogens is 1. The van der Waals surface area contributed by atoms with E-state index in [2.05, 4.69) is 16.4 Å². The van der Waals surface area contributed by atoms with Crippen molar-refractivity contribution in [1.82, 2.24) is 10.3 Å². The SMILES string of the molecule is Cc1ncc(C(C#N)NC(C)C)s1. The lowest BCUT2D eigenvalue weighted by atomic mass is 10.2. The van der Waals surface area contributed by atoms with Gasteiger partial charge in [0.2, 0.25) is 0 Å². The molecule has 13 heavy (non-hydrogen) atoms. The lowest BCUT2D eigenvalue weighted by Crippen LogP contribution is -2.26. The van der Waals surface area contributed by atoms with Gasteiger partial charge in [0, 0.05) is 12.2 Å². The molecule has 1 aromatic heterocycles. The Balaban J connectivity index is 2.74. The van der Waals surface area contributed by atoms with Crippen LogP contribution in [-0.2, 0) is 0 Å². The highest BCUT2D eigenvalue weighted by molar-refractivity contribution is 7.11. The Morgan fingerprint density at radius 2 is 2.31 bits per heavy atom. The zero-order chi connectivity index (χ0) is 9.84. The second-order valence-electron chi connectivity index (χ2n) is 3.17. The van der Waals surface area contributed by atoms with E-state index < -0.39 is 0 Å². The molecule has 3 nitrogen and oxygen atoms in total. The Hall–Kier alpha value is -0.920. The number of nitrogens with zero attached hydrogens (tertiary/aromatic N) is 2. The topological polar surface area (TPSA) is 48.7 Å². The first kappa shape index (κ1) is 10.2. The van der Waals surface area contributed by atoms with E-state index >= 15 is 0 Å². The van der Waals surface area contributed by atoms with E-state index in [0.29, 0.717) is 6.04 Å². The normalized spacial score (nSPS) is 12.8. The molecule has 0 saturated carbocycles. The molecule has 0 saturated heterocycles. The second kappa shape index (κ2) is 4.35. The molecule has 0 aromatic carbocycles. The lowest BCUT2D eigenvalue weighted by Gasteiger charge is -2.11. The molecular weight excluding hydrogens is 182 g/mol. The summed E-state index contributed by atoms with van der Waals surface area (Å²) in [7, 11) is 0. The number of rotatable bonds is 3. The highest BCUT2D eigenvalue weighted by Gasteiger charge is 2.13. The Bertz CT molecular complexity index is 311. The quantitative estimate of drug-likeness (QED) is 0.802. The molecule has 0 aliphatic heterocycles. The molecule has 1 rings (SSSR count). The molecule has 0 spiro atoms. The average molecular weight is 195 g/mol. The van der Waals surface area contributed by atoms with E-state index in [1.54, 1.807) is 17.5 Å². The zero-order valence-electron chi connectivity index (χ0n) is 8.03. The van der Waals surface area contributed by atoms with Gasteiger partial charge in [-0.15, -0.1) is 11.3 Å². The van der Waals surface area contributed by atoms with E-state index in [9.17, 15) is 0 Å². The fraction of sp³-hybridized carbons (Fsp3) is 0.556. The number of thiazole rings is 1. The first-order valence-corrected chi connectivity index (χ1v) is 5.03. The van der Waals surface area contributed by atoms with Gasteiger partial charge in [0.15, 0.2) is 0 Å². The van der Waals surface area contributed by atoms with E-state index in [1.165, 1.54) is 0 Å². The zero-order valence-corrected chi connectivity index (χ0v) is 8.85. The molecule has 4 heteroatoms. The molecule has 1 N–H and O–H groups in total. The van der Waals surface area contributed by atoms with E-state index in [0.717, 1.165) is 9.88 Å². The maximum Gasteiger partial charge on any atom is 0.132 e. The van der Waals surface area contributed by atoms with Crippen LogP contribution in [0.4, 0.5) is 0 Å². The number of aryl methyl sites for hydroxylation is 1. The molecule has 1 unspecified atom stereocenters. The van der Waals surface area contributed by atoms with E-state index in [-0.39, 0.29) is 6.04 Å². The van der Waals surface area contributed by atoms with Crippen molar-refractivity contribution in [2.24, 2.45) is 0 Å². The first-order valence-electron chi connectivity index (χ1n) is 4.21. The smallest absolute Gasteiger partial charge is 0.132 e. The molecule has 0 aliphatic rings. The Morgan fingerprint density at radius 3 is 2.69 bits per heavy atom. The van der Waals surface area contributed by atoms with Crippen molar-refractivity contribution in [2.45, 2.75) is 32.9 Å². The van der Waals surface area contributed by atoms with Gasteiger partial charge < -0.3 is 0 Å². The predicted octanol–water partition coefficient (Wildman–Crippen LogP) is 2.01. The fourth-order valence-electron chi connectivity index (χ4n) is 1.03. The van der Waals surface area contributed by atoms with Crippen molar-refractivity contribution in [3.8, 4) is 6.07 Å². The number of hydrogen-bond acceptors (Lipinski definition) is 4. The summed E-state index contributed by atoms with van der Waals surface area (Å²) in [4.78, 5) is 5.11. The van der Waals surface area contributed by atoms with Crippen molar-refractivity contribution in [1.29, 1.82) is 5.26 Å². The molecule has 0 radical (unpaired) electrons. The number of nitriles is 1. The Kier molecular flexibility index (Phi) is 3.40. The summed E-state index contributed by atoms with van der Waals surface area (Å²) in [6, 6.07) is 2.32. The third-order valence-corrected chi connectivity index (χ3v) is 2.53. The van der Waals surface area contributed by atoms with Crippen LogP contribution < -0.4 is 5.32 Å². The van der Waals surface area contributed by atoms with Gasteiger partial charge in [-0.2, -0.15) is 5.26 Å². The van der Waals surface area contributed by atoms with E-state index in [1.807, 2.05) is 20.8 Å². The van der Waals surface area contributed by atoms with Crippen LogP contribution in [0.5, 0.6) is 0 Å². The third-order valence-electron chi connectivity index (χ3n) is 1.55. The first-order chi connectivity index (χ1) is 6.13. The summed E-state index contributed by atoms with van der Waals surface area (Å²) in [6.07, 6.45) is 1.77. The standard InChI is InChI=1S/C9H13N3S/c1-6(2)12-8(4-10)9-5-11-7(3)13-9/h5-6,8,12H,1-3H3. The van der Waals surface area contributed by atoms with Crippen molar-refractivity contribution in [2.75, 3.05) is 0 Å². The van der Waals surface area contributed by atoms with Gasteiger partial charge in [0.05, 0.1) is 16.0 Å². The van der Waals surface area contributed by atoms with Crippen LogP contribution in [0.2, 0.25) is 0 Å². The molecule has 1 heterocycles. The highest BCUT2D eigenvalue weighted by atomic mass is 32.1. The van der Waals surface area contributed by atoms with Gasteiger partial charge >= 0.3 is 0 Å². The number of hydrogen-bond donors (Lipinski definition) is 1. The molecular formula is C9H13N3S. The van der Waals surface area contributed by atoms with Gasteiger partial charge in [-0.25, -0.2) is 4.98 Å². The minimum atomic E-state index is -0.216. The molecule has 0 amide bonds. The van der Waals surface area contributed by atoms with Crippen LogP contribution in [0.3, 0.4) is 0 Å². The fourth-order valence-corrected chi connectivity index (χ4v) is 1.82. The van der Waals surface area contributed by atoms with Gasteiger partial charge in [0.25, 0.3) is 0 Å². The molecule has 0 bridgehead atoms. The molecule has 70 valence electrons.